The van der Waals surface area contributed by atoms with E-state index in [9.17, 15) is 4.79 Å². The molecular weight excluding hydrogens is 271 g/mol. The SMILES string of the molecule is COc1cc(Cl)c(C(=O)O)c(CBr)c1. The molecule has 0 amide bonds. The minimum absolute atomic E-state index is 0.115. The zero-order chi connectivity index (χ0) is 10.7. The summed E-state index contributed by atoms with van der Waals surface area (Å²) in [4.78, 5) is 10.9. The first-order chi connectivity index (χ1) is 6.60. The fourth-order valence-electron chi connectivity index (χ4n) is 1.10. The third-order valence-corrected chi connectivity index (χ3v) is 2.64. The zero-order valence-corrected chi connectivity index (χ0v) is 9.72. The molecule has 0 bridgehead atoms. The highest BCUT2D eigenvalue weighted by atomic mass is 79.9. The maximum absolute atomic E-state index is 10.9. The molecule has 0 aliphatic rings. The summed E-state index contributed by atoms with van der Waals surface area (Å²) in [6, 6.07) is 3.13. The summed E-state index contributed by atoms with van der Waals surface area (Å²) in [5.41, 5.74) is 0.714. The van der Waals surface area contributed by atoms with Gasteiger partial charge in [0.1, 0.15) is 5.75 Å². The summed E-state index contributed by atoms with van der Waals surface area (Å²) in [6.45, 7) is 0. The number of alkyl halides is 1. The van der Waals surface area contributed by atoms with Crippen LogP contribution >= 0.6 is 27.5 Å². The molecule has 3 nitrogen and oxygen atoms in total. The number of hydrogen-bond donors (Lipinski definition) is 1. The number of hydrogen-bond acceptors (Lipinski definition) is 2. The Morgan fingerprint density at radius 2 is 2.29 bits per heavy atom. The number of carboxylic acids is 1. The largest absolute Gasteiger partial charge is 0.497 e. The molecule has 1 N–H and O–H groups in total. The topological polar surface area (TPSA) is 46.5 Å². The highest BCUT2D eigenvalue weighted by Gasteiger charge is 2.15. The number of carbonyl (C=O) groups is 1. The molecule has 14 heavy (non-hydrogen) atoms. The van der Waals surface area contributed by atoms with Crippen LogP contribution in [0.3, 0.4) is 0 Å². The van der Waals surface area contributed by atoms with Crippen LogP contribution in [-0.4, -0.2) is 18.2 Å². The van der Waals surface area contributed by atoms with Crippen LogP contribution in [0.2, 0.25) is 5.02 Å². The van der Waals surface area contributed by atoms with Crippen LogP contribution in [0.5, 0.6) is 5.75 Å². The number of ether oxygens (including phenoxy) is 1. The van der Waals surface area contributed by atoms with E-state index in [-0.39, 0.29) is 10.6 Å². The van der Waals surface area contributed by atoms with Gasteiger partial charge < -0.3 is 9.84 Å². The van der Waals surface area contributed by atoms with E-state index in [4.69, 9.17) is 21.4 Å². The highest BCUT2D eigenvalue weighted by Crippen LogP contribution is 2.28. The molecule has 0 radical (unpaired) electrons. The lowest BCUT2D eigenvalue weighted by Gasteiger charge is -2.08. The van der Waals surface area contributed by atoms with Gasteiger partial charge in [-0.05, 0) is 17.7 Å². The minimum Gasteiger partial charge on any atom is -0.497 e. The van der Waals surface area contributed by atoms with Gasteiger partial charge in [-0.15, -0.1) is 0 Å². The van der Waals surface area contributed by atoms with E-state index >= 15 is 0 Å². The molecule has 0 saturated heterocycles. The molecule has 0 aromatic heterocycles. The van der Waals surface area contributed by atoms with Gasteiger partial charge in [0.2, 0.25) is 0 Å². The number of carboxylic acid groups (broad SMARTS) is 1. The van der Waals surface area contributed by atoms with Crippen molar-refractivity contribution in [3.8, 4) is 5.75 Å². The van der Waals surface area contributed by atoms with Crippen LogP contribution in [0, 0.1) is 0 Å². The van der Waals surface area contributed by atoms with Crippen LogP contribution in [-0.2, 0) is 5.33 Å². The molecule has 0 spiro atoms. The second-order valence-electron chi connectivity index (χ2n) is 2.58. The first-order valence-electron chi connectivity index (χ1n) is 3.75. The summed E-state index contributed by atoms with van der Waals surface area (Å²) < 4.78 is 4.97. The Hall–Kier alpha value is -0.740. The van der Waals surface area contributed by atoms with E-state index in [0.717, 1.165) is 0 Å². The highest BCUT2D eigenvalue weighted by molar-refractivity contribution is 9.08. The van der Waals surface area contributed by atoms with Gasteiger partial charge in [-0.25, -0.2) is 4.79 Å². The van der Waals surface area contributed by atoms with Crippen molar-refractivity contribution in [2.75, 3.05) is 7.11 Å². The van der Waals surface area contributed by atoms with Gasteiger partial charge in [0.15, 0.2) is 0 Å². The maximum atomic E-state index is 10.9. The van der Waals surface area contributed by atoms with E-state index in [2.05, 4.69) is 15.9 Å². The van der Waals surface area contributed by atoms with E-state index in [1.165, 1.54) is 13.2 Å². The molecule has 0 saturated carbocycles. The van der Waals surface area contributed by atoms with E-state index < -0.39 is 5.97 Å². The normalized spacial score (nSPS) is 9.93. The maximum Gasteiger partial charge on any atom is 0.337 e. The number of rotatable bonds is 3. The zero-order valence-electron chi connectivity index (χ0n) is 7.38. The van der Waals surface area contributed by atoms with Crippen LogP contribution in [0.15, 0.2) is 12.1 Å². The molecule has 0 heterocycles. The van der Waals surface area contributed by atoms with Crippen molar-refractivity contribution in [2.24, 2.45) is 0 Å². The number of benzene rings is 1. The lowest BCUT2D eigenvalue weighted by Crippen LogP contribution is -2.03. The summed E-state index contributed by atoms with van der Waals surface area (Å²) in [5, 5.41) is 9.50. The van der Waals surface area contributed by atoms with E-state index in [0.29, 0.717) is 16.6 Å². The van der Waals surface area contributed by atoms with Gasteiger partial charge in [0.25, 0.3) is 0 Å². The molecule has 1 aromatic rings. The molecule has 76 valence electrons. The van der Waals surface area contributed by atoms with Crippen molar-refractivity contribution in [1.82, 2.24) is 0 Å². The number of methoxy groups -OCH3 is 1. The van der Waals surface area contributed by atoms with Crippen molar-refractivity contribution in [1.29, 1.82) is 0 Å². The number of aromatic carboxylic acids is 1. The Balaban J connectivity index is 3.34. The molecule has 5 heteroatoms. The fourth-order valence-corrected chi connectivity index (χ4v) is 1.85. The van der Waals surface area contributed by atoms with Crippen LogP contribution in [0.25, 0.3) is 0 Å². The van der Waals surface area contributed by atoms with Gasteiger partial charge >= 0.3 is 5.97 Å². The summed E-state index contributed by atoms with van der Waals surface area (Å²) in [7, 11) is 1.50. The van der Waals surface area contributed by atoms with E-state index in [1.807, 2.05) is 0 Å². The monoisotopic (exact) mass is 278 g/mol. The quantitative estimate of drug-likeness (QED) is 0.865. The average Bonchev–Trinajstić information content (AvgIpc) is 2.15. The van der Waals surface area contributed by atoms with E-state index in [1.54, 1.807) is 6.07 Å². The van der Waals surface area contributed by atoms with Crippen LogP contribution in [0.4, 0.5) is 0 Å². The minimum atomic E-state index is -1.04. The predicted molar refractivity (Wildman–Crippen MR) is 57.6 cm³/mol. The first kappa shape index (κ1) is 11.3. The number of halogens is 2. The molecule has 0 unspecified atom stereocenters. The molecule has 0 aliphatic carbocycles. The van der Waals surface area contributed by atoms with Gasteiger partial charge in [-0.3, -0.25) is 0 Å². The smallest absolute Gasteiger partial charge is 0.337 e. The second kappa shape index (κ2) is 4.66. The van der Waals surface area contributed by atoms with Gasteiger partial charge in [0, 0.05) is 5.33 Å². The van der Waals surface area contributed by atoms with Gasteiger partial charge in [-0.1, -0.05) is 27.5 Å². The third-order valence-electron chi connectivity index (χ3n) is 1.74. The summed E-state index contributed by atoms with van der Waals surface area (Å²) >= 11 is 9.00. The van der Waals surface area contributed by atoms with Crippen molar-refractivity contribution in [2.45, 2.75) is 5.33 Å². The summed E-state index contributed by atoms with van der Waals surface area (Å²) in [6.07, 6.45) is 0. The van der Waals surface area contributed by atoms with Crippen molar-refractivity contribution < 1.29 is 14.6 Å². The molecule has 0 fully saturated rings. The van der Waals surface area contributed by atoms with Crippen molar-refractivity contribution in [3.05, 3.63) is 28.3 Å². The second-order valence-corrected chi connectivity index (χ2v) is 3.55. The fraction of sp³-hybridized carbons (Fsp3) is 0.222. The van der Waals surface area contributed by atoms with Crippen molar-refractivity contribution >= 4 is 33.5 Å². The third kappa shape index (κ3) is 2.19. The van der Waals surface area contributed by atoms with Gasteiger partial charge in [0.05, 0.1) is 17.7 Å². The molecular formula is C9H8BrClO3. The average molecular weight is 280 g/mol. The first-order valence-corrected chi connectivity index (χ1v) is 5.25. The Kier molecular flexibility index (Phi) is 3.77. The van der Waals surface area contributed by atoms with Crippen LogP contribution < -0.4 is 4.74 Å². The molecule has 1 rings (SSSR count). The lowest BCUT2D eigenvalue weighted by molar-refractivity contribution is 0.0696. The summed E-state index contributed by atoms with van der Waals surface area (Å²) in [5.74, 6) is -0.485. The lowest BCUT2D eigenvalue weighted by atomic mass is 10.1. The molecule has 0 atom stereocenters. The molecule has 0 aliphatic heterocycles. The van der Waals surface area contributed by atoms with Crippen LogP contribution in [0.1, 0.15) is 15.9 Å². The Morgan fingerprint density at radius 1 is 1.64 bits per heavy atom. The Labute approximate surface area is 94.8 Å². The standard InChI is InChI=1S/C9H8BrClO3/c1-14-6-2-5(4-10)8(9(12)13)7(11)3-6/h2-3H,4H2,1H3,(H,12,13). The van der Waals surface area contributed by atoms with Crippen molar-refractivity contribution in [3.63, 3.8) is 0 Å². The predicted octanol–water partition coefficient (Wildman–Crippen LogP) is 2.94. The molecule has 1 aromatic carbocycles. The van der Waals surface area contributed by atoms with Gasteiger partial charge in [-0.2, -0.15) is 0 Å². The Bertz CT molecular complexity index is 365. The Morgan fingerprint density at radius 3 is 2.71 bits per heavy atom.